The molecule has 1 aliphatic rings. The number of benzene rings is 1. The number of ether oxygens (including phenoxy) is 2. The minimum atomic E-state index is -0.333. The Kier molecular flexibility index (Phi) is 7.08. The minimum Gasteiger partial charge on any atom is -0.493 e. The Hall–Kier alpha value is -3.18. The highest BCUT2D eigenvalue weighted by atomic mass is 32.2. The monoisotopic (exact) mass is 384 g/mol. The van der Waals surface area contributed by atoms with E-state index in [-0.39, 0.29) is 11.3 Å². The average molecular weight is 384 g/mol. The summed E-state index contributed by atoms with van der Waals surface area (Å²) in [6.07, 6.45) is 5.55. The van der Waals surface area contributed by atoms with Crippen LogP contribution < -0.4 is 20.1 Å². The van der Waals surface area contributed by atoms with Crippen LogP contribution in [0.25, 0.3) is 0 Å². The molecule has 1 aliphatic heterocycles. The molecule has 7 nitrogen and oxygen atoms in total. The molecule has 1 aromatic heterocycles. The van der Waals surface area contributed by atoms with E-state index in [0.29, 0.717) is 17.1 Å². The fourth-order valence-corrected chi connectivity index (χ4v) is 3.42. The zero-order valence-electron chi connectivity index (χ0n) is 15.2. The number of thioether (sulfide) groups is 1. The van der Waals surface area contributed by atoms with Crippen molar-refractivity contribution in [2.75, 3.05) is 19.1 Å². The Morgan fingerprint density at radius 1 is 1.33 bits per heavy atom. The summed E-state index contributed by atoms with van der Waals surface area (Å²) in [4.78, 5) is 15.4. The highest BCUT2D eigenvalue weighted by Crippen LogP contribution is 2.45. The summed E-state index contributed by atoms with van der Waals surface area (Å²) in [6.45, 7) is 1.31. The van der Waals surface area contributed by atoms with Gasteiger partial charge in [-0.1, -0.05) is 6.07 Å². The van der Waals surface area contributed by atoms with Crippen molar-refractivity contribution in [1.29, 1.82) is 5.26 Å². The third-order valence-electron chi connectivity index (χ3n) is 3.55. The van der Waals surface area contributed by atoms with Gasteiger partial charge in [-0.3, -0.25) is 9.78 Å². The molecule has 140 valence electrons. The molecular weight excluding hydrogens is 364 g/mol. The molecule has 2 aromatic rings. The van der Waals surface area contributed by atoms with E-state index in [1.807, 2.05) is 40.9 Å². The number of nitrogens with zero attached hydrogens (tertiary/aromatic N) is 3. The van der Waals surface area contributed by atoms with Crippen molar-refractivity contribution in [2.24, 2.45) is 5.73 Å². The van der Waals surface area contributed by atoms with Gasteiger partial charge < -0.3 is 20.1 Å². The molecule has 2 heterocycles. The molecule has 1 aromatic carbocycles. The Labute approximate surface area is 162 Å². The van der Waals surface area contributed by atoms with Crippen molar-refractivity contribution in [3.8, 4) is 17.6 Å². The van der Waals surface area contributed by atoms with E-state index < -0.39 is 0 Å². The lowest BCUT2D eigenvalue weighted by Gasteiger charge is -2.26. The van der Waals surface area contributed by atoms with E-state index in [2.05, 4.69) is 16.8 Å². The summed E-state index contributed by atoms with van der Waals surface area (Å²) in [5.41, 5.74) is 6.85. The Morgan fingerprint density at radius 2 is 2.00 bits per heavy atom. The molecule has 0 saturated carbocycles. The smallest absolute Gasteiger partial charge is 0.214 e. The fraction of sp³-hybridized carbons (Fsp3) is 0.211. The molecular formula is C19H20N4O3S. The molecule has 1 amide bonds. The van der Waals surface area contributed by atoms with Crippen LogP contribution in [0, 0.1) is 11.3 Å². The number of nitriles is 1. The van der Waals surface area contributed by atoms with E-state index in [0.717, 1.165) is 11.3 Å². The number of primary amides is 1. The summed E-state index contributed by atoms with van der Waals surface area (Å²) in [7, 11) is 3.14. The fourth-order valence-electron chi connectivity index (χ4n) is 2.46. The van der Waals surface area contributed by atoms with Crippen molar-refractivity contribution < 1.29 is 14.3 Å². The number of rotatable bonds is 4. The first-order valence-corrected chi connectivity index (χ1v) is 8.88. The maximum absolute atomic E-state index is 9.50. The highest BCUT2D eigenvalue weighted by molar-refractivity contribution is 8.02. The van der Waals surface area contributed by atoms with Gasteiger partial charge in [0, 0.05) is 43.2 Å². The first-order chi connectivity index (χ1) is 13.0. The molecule has 8 heteroatoms. The molecule has 2 N–H and O–H groups in total. The normalized spacial score (nSPS) is 14.7. The predicted molar refractivity (Wildman–Crippen MR) is 105 cm³/mol. The molecule has 0 spiro atoms. The van der Waals surface area contributed by atoms with Gasteiger partial charge in [-0.25, -0.2) is 0 Å². The standard InChI is InChI=1S/C17H15N3O2S.C2H5NO/c1-21-15-8-13(10-18)14(9-16(15)22-2)20-6-7-23-17(20)12-4-3-5-19-11-12;1-2(3)4/h3-9,11,17H,1-2H3;1H3,(H2,3,4). The number of carbonyl (C=O) groups is 1. The van der Waals surface area contributed by atoms with E-state index in [1.165, 1.54) is 6.92 Å². The number of hydrogen-bond donors (Lipinski definition) is 1. The second-order valence-electron chi connectivity index (χ2n) is 5.41. The van der Waals surface area contributed by atoms with Gasteiger partial charge in [-0.2, -0.15) is 5.26 Å². The number of nitrogens with two attached hydrogens (primary N) is 1. The van der Waals surface area contributed by atoms with Crippen molar-refractivity contribution in [2.45, 2.75) is 12.3 Å². The molecule has 27 heavy (non-hydrogen) atoms. The van der Waals surface area contributed by atoms with Crippen molar-refractivity contribution >= 4 is 23.4 Å². The molecule has 0 radical (unpaired) electrons. The molecule has 0 aliphatic carbocycles. The Morgan fingerprint density at radius 3 is 2.56 bits per heavy atom. The van der Waals surface area contributed by atoms with Crippen molar-refractivity contribution in [3.05, 3.63) is 59.4 Å². The number of methoxy groups -OCH3 is 2. The maximum Gasteiger partial charge on any atom is 0.214 e. The predicted octanol–water partition coefficient (Wildman–Crippen LogP) is 3.19. The van der Waals surface area contributed by atoms with Gasteiger partial charge in [0.15, 0.2) is 11.5 Å². The van der Waals surface area contributed by atoms with Gasteiger partial charge in [0.2, 0.25) is 5.91 Å². The van der Waals surface area contributed by atoms with E-state index in [9.17, 15) is 10.1 Å². The molecule has 1 unspecified atom stereocenters. The van der Waals surface area contributed by atoms with Crippen LogP contribution in [0.3, 0.4) is 0 Å². The maximum atomic E-state index is 9.50. The van der Waals surface area contributed by atoms with E-state index >= 15 is 0 Å². The third kappa shape index (κ3) is 4.92. The van der Waals surface area contributed by atoms with Gasteiger partial charge in [0.05, 0.1) is 25.5 Å². The lowest BCUT2D eigenvalue weighted by Crippen LogP contribution is -2.18. The quantitative estimate of drug-likeness (QED) is 0.864. The number of hydrogen-bond acceptors (Lipinski definition) is 7. The summed E-state index contributed by atoms with van der Waals surface area (Å²) < 4.78 is 10.7. The Bertz CT molecular complexity index is 861. The molecule has 1 atom stereocenters. The van der Waals surface area contributed by atoms with Crippen LogP contribution in [0.5, 0.6) is 11.5 Å². The third-order valence-corrected chi connectivity index (χ3v) is 4.59. The molecule has 3 rings (SSSR count). The topological polar surface area (TPSA) is 101 Å². The zero-order chi connectivity index (χ0) is 19.8. The van der Waals surface area contributed by atoms with Crippen LogP contribution in [0.15, 0.2) is 48.3 Å². The largest absolute Gasteiger partial charge is 0.493 e. The lowest BCUT2D eigenvalue weighted by atomic mass is 10.1. The van der Waals surface area contributed by atoms with Crippen LogP contribution in [0.2, 0.25) is 0 Å². The first kappa shape index (κ1) is 20.1. The molecule has 0 bridgehead atoms. The van der Waals surface area contributed by atoms with Gasteiger partial charge >= 0.3 is 0 Å². The number of aromatic nitrogens is 1. The summed E-state index contributed by atoms with van der Waals surface area (Å²) in [5.74, 6) is 0.804. The number of anilines is 1. The second-order valence-corrected chi connectivity index (χ2v) is 6.40. The van der Waals surface area contributed by atoms with Gasteiger partial charge in [0.25, 0.3) is 0 Å². The van der Waals surface area contributed by atoms with Gasteiger partial charge in [0.1, 0.15) is 11.4 Å². The first-order valence-electron chi connectivity index (χ1n) is 7.94. The average Bonchev–Trinajstić information content (AvgIpc) is 3.16. The van der Waals surface area contributed by atoms with Crippen LogP contribution in [-0.2, 0) is 4.79 Å². The lowest BCUT2D eigenvalue weighted by molar-refractivity contribution is -0.115. The Balaban J connectivity index is 0.000000596. The van der Waals surface area contributed by atoms with Gasteiger partial charge in [-0.15, -0.1) is 11.8 Å². The minimum absolute atomic E-state index is 0.0360. The van der Waals surface area contributed by atoms with Crippen LogP contribution in [0.4, 0.5) is 5.69 Å². The summed E-state index contributed by atoms with van der Waals surface area (Å²) >= 11 is 1.66. The zero-order valence-corrected chi connectivity index (χ0v) is 16.1. The van der Waals surface area contributed by atoms with Crippen molar-refractivity contribution in [1.82, 2.24) is 4.98 Å². The number of pyridine rings is 1. The summed E-state index contributed by atoms with van der Waals surface area (Å²) in [6, 6.07) is 9.70. The van der Waals surface area contributed by atoms with Crippen LogP contribution >= 0.6 is 11.8 Å². The highest BCUT2D eigenvalue weighted by Gasteiger charge is 2.26. The molecule has 0 saturated heterocycles. The second kappa shape index (κ2) is 9.50. The SMILES string of the molecule is CC(N)=O.COc1cc(C#N)c(N2C=CSC2c2cccnc2)cc1OC. The molecule has 0 fully saturated rings. The van der Waals surface area contributed by atoms with Crippen molar-refractivity contribution in [3.63, 3.8) is 0 Å². The summed E-state index contributed by atoms with van der Waals surface area (Å²) in [5, 5.41) is 11.5. The van der Waals surface area contributed by atoms with E-state index in [4.69, 9.17) is 9.47 Å². The number of carbonyl (C=O) groups excluding carboxylic acids is 1. The number of amides is 1. The van der Waals surface area contributed by atoms with Crippen LogP contribution in [-0.4, -0.2) is 25.1 Å². The van der Waals surface area contributed by atoms with Crippen LogP contribution in [0.1, 0.15) is 23.4 Å². The van der Waals surface area contributed by atoms with Gasteiger partial charge in [-0.05, 0) is 11.5 Å². The van der Waals surface area contributed by atoms with E-state index in [1.54, 1.807) is 38.2 Å².